The minimum absolute atomic E-state index is 0.502. The summed E-state index contributed by atoms with van der Waals surface area (Å²) < 4.78 is 19.1. The molecule has 0 spiro atoms. The molecule has 0 atom stereocenters. The summed E-state index contributed by atoms with van der Waals surface area (Å²) in [6, 6.07) is 1.82. The van der Waals surface area contributed by atoms with E-state index in [2.05, 4.69) is 5.10 Å². The van der Waals surface area contributed by atoms with Gasteiger partial charge in [0.25, 0.3) is 0 Å². The van der Waals surface area contributed by atoms with E-state index in [-0.39, 0.29) is 0 Å². The van der Waals surface area contributed by atoms with Gasteiger partial charge >= 0.3 is 13.2 Å². The van der Waals surface area contributed by atoms with E-state index in [1.165, 1.54) is 4.68 Å². The van der Waals surface area contributed by atoms with Crippen LogP contribution >= 0.6 is 11.6 Å². The fourth-order valence-corrected chi connectivity index (χ4v) is 3.19. The Labute approximate surface area is 165 Å². The molecule has 0 N–H and O–H groups in total. The average molecular weight is 393 g/mol. The Morgan fingerprint density at radius 3 is 2.30 bits per heavy atom. The Kier molecular flexibility index (Phi) is 4.65. The van der Waals surface area contributed by atoms with Gasteiger partial charge in [-0.3, -0.25) is 0 Å². The summed E-state index contributed by atoms with van der Waals surface area (Å²) in [7, 11) is -0.652. The molecule has 0 bridgehead atoms. The Hall–Kier alpha value is -1.57. The average Bonchev–Trinajstić information content (AvgIpc) is 2.96. The minimum Gasteiger partial charge on any atom is -0.442 e. The Morgan fingerprint density at radius 1 is 1.22 bits per heavy atom. The third-order valence-electron chi connectivity index (χ3n) is 5.09. The molecular formula is C19H26BClN2O4. The molecule has 27 heavy (non-hydrogen) atoms. The summed E-state index contributed by atoms with van der Waals surface area (Å²) in [4.78, 5) is 12.6. The van der Waals surface area contributed by atoms with Crippen molar-refractivity contribution in [1.29, 1.82) is 0 Å². The summed E-state index contributed by atoms with van der Waals surface area (Å²) in [5.41, 5.74) is 0.470. The quantitative estimate of drug-likeness (QED) is 0.684. The zero-order valence-electron chi connectivity index (χ0n) is 17.1. The van der Waals surface area contributed by atoms with Gasteiger partial charge in [-0.2, -0.15) is 9.78 Å². The van der Waals surface area contributed by atoms with Gasteiger partial charge in [-0.1, -0.05) is 11.6 Å². The molecule has 2 heterocycles. The first-order valence-electron chi connectivity index (χ1n) is 8.99. The fraction of sp³-hybridized carbons (Fsp3) is 0.579. The Morgan fingerprint density at radius 2 is 1.78 bits per heavy atom. The standard InChI is InChI=1S/C19H26BClN2O4/c1-11-9-13-12(10-22-23(13)16(24)25-17(2,3)4)14(15(11)21)20-26-18(5,6)19(7,8)27-20/h9-10H,1-8H3. The topological polar surface area (TPSA) is 62.6 Å². The number of carbonyl (C=O) groups excluding carboxylic acids is 1. The maximum Gasteiger partial charge on any atom is 0.497 e. The molecule has 2 aromatic rings. The first kappa shape index (κ1) is 20.2. The van der Waals surface area contributed by atoms with Crippen molar-refractivity contribution in [3.63, 3.8) is 0 Å². The number of hydrogen-bond acceptors (Lipinski definition) is 5. The van der Waals surface area contributed by atoms with Gasteiger partial charge in [0.15, 0.2) is 0 Å². The lowest BCUT2D eigenvalue weighted by Crippen LogP contribution is -2.41. The van der Waals surface area contributed by atoms with Crippen LogP contribution in [-0.4, -0.2) is 39.8 Å². The molecule has 1 aromatic heterocycles. The van der Waals surface area contributed by atoms with E-state index >= 15 is 0 Å². The third-order valence-corrected chi connectivity index (χ3v) is 5.59. The van der Waals surface area contributed by atoms with Crippen LogP contribution < -0.4 is 5.46 Å². The maximum atomic E-state index is 12.6. The number of rotatable bonds is 1. The van der Waals surface area contributed by atoms with Crippen molar-refractivity contribution in [3.05, 3.63) is 22.8 Å². The predicted molar refractivity (Wildman–Crippen MR) is 107 cm³/mol. The molecule has 0 saturated carbocycles. The summed E-state index contributed by atoms with van der Waals surface area (Å²) >= 11 is 6.62. The summed E-state index contributed by atoms with van der Waals surface area (Å²) in [6.07, 6.45) is 1.06. The van der Waals surface area contributed by atoms with Gasteiger partial charge < -0.3 is 14.0 Å². The highest BCUT2D eigenvalue weighted by molar-refractivity contribution is 6.68. The SMILES string of the molecule is Cc1cc2c(cnn2C(=O)OC(C)(C)C)c(B2OC(C)(C)C(C)(C)O2)c1Cl. The minimum atomic E-state index is -0.652. The monoisotopic (exact) mass is 392 g/mol. The number of halogens is 1. The highest BCUT2D eigenvalue weighted by Crippen LogP contribution is 2.38. The highest BCUT2D eigenvalue weighted by Gasteiger charge is 2.53. The largest absolute Gasteiger partial charge is 0.497 e. The number of aromatic nitrogens is 2. The van der Waals surface area contributed by atoms with Crippen LogP contribution in [0.4, 0.5) is 4.79 Å². The molecule has 0 unspecified atom stereocenters. The van der Waals surface area contributed by atoms with Crippen LogP contribution in [0.3, 0.4) is 0 Å². The smallest absolute Gasteiger partial charge is 0.442 e. The van der Waals surface area contributed by atoms with Crippen LogP contribution in [0.5, 0.6) is 0 Å². The number of carbonyl (C=O) groups is 1. The highest BCUT2D eigenvalue weighted by atomic mass is 35.5. The number of ether oxygens (including phenoxy) is 1. The normalized spacial score (nSPS) is 18.9. The second-order valence-electron chi connectivity index (χ2n) is 8.98. The van der Waals surface area contributed by atoms with Gasteiger partial charge in [-0.05, 0) is 67.0 Å². The van der Waals surface area contributed by atoms with E-state index in [1.807, 2.05) is 61.5 Å². The van der Waals surface area contributed by atoms with Crippen molar-refractivity contribution < 1.29 is 18.8 Å². The van der Waals surface area contributed by atoms with Crippen LogP contribution in [0, 0.1) is 6.92 Å². The van der Waals surface area contributed by atoms with E-state index in [1.54, 1.807) is 6.20 Å². The summed E-state index contributed by atoms with van der Waals surface area (Å²) in [6.45, 7) is 15.3. The second-order valence-corrected chi connectivity index (χ2v) is 9.36. The Balaban J connectivity index is 2.13. The van der Waals surface area contributed by atoms with Crippen molar-refractivity contribution in [2.75, 3.05) is 0 Å². The molecular weight excluding hydrogens is 366 g/mol. The van der Waals surface area contributed by atoms with Crippen molar-refractivity contribution in [1.82, 2.24) is 9.78 Å². The summed E-state index contributed by atoms with van der Waals surface area (Å²) in [5.74, 6) is 0. The third kappa shape index (κ3) is 3.48. The van der Waals surface area contributed by atoms with E-state index in [4.69, 9.17) is 25.6 Å². The summed E-state index contributed by atoms with van der Waals surface area (Å²) in [5, 5.41) is 5.49. The molecule has 0 radical (unpaired) electrons. The Bertz CT molecular complexity index is 899. The zero-order chi connectivity index (χ0) is 20.4. The van der Waals surface area contributed by atoms with Crippen molar-refractivity contribution in [2.45, 2.75) is 72.2 Å². The lowest BCUT2D eigenvalue weighted by Gasteiger charge is -2.32. The first-order valence-corrected chi connectivity index (χ1v) is 9.37. The fourth-order valence-electron chi connectivity index (χ4n) is 2.95. The molecule has 0 aliphatic carbocycles. The van der Waals surface area contributed by atoms with Gasteiger partial charge in [-0.15, -0.1) is 0 Å². The van der Waals surface area contributed by atoms with Gasteiger partial charge in [0, 0.05) is 15.9 Å². The molecule has 1 aliphatic rings. The van der Waals surface area contributed by atoms with Crippen molar-refractivity contribution in [3.8, 4) is 0 Å². The van der Waals surface area contributed by atoms with Crippen molar-refractivity contribution in [2.24, 2.45) is 0 Å². The molecule has 3 rings (SSSR count). The number of hydrogen-bond donors (Lipinski definition) is 0. The van der Waals surface area contributed by atoms with Gasteiger partial charge in [0.1, 0.15) is 5.60 Å². The number of nitrogens with zero attached hydrogens (tertiary/aromatic N) is 2. The van der Waals surface area contributed by atoms with E-state index in [9.17, 15) is 4.79 Å². The van der Waals surface area contributed by atoms with Crippen molar-refractivity contribution >= 4 is 41.2 Å². The molecule has 8 heteroatoms. The van der Waals surface area contributed by atoms with E-state index in [0.717, 1.165) is 5.56 Å². The van der Waals surface area contributed by atoms with Gasteiger partial charge in [0.05, 0.1) is 22.9 Å². The van der Waals surface area contributed by atoms with Gasteiger partial charge in [0.2, 0.25) is 0 Å². The molecule has 1 fully saturated rings. The zero-order valence-corrected chi connectivity index (χ0v) is 17.9. The number of benzene rings is 1. The van der Waals surface area contributed by atoms with Gasteiger partial charge in [-0.25, -0.2) is 4.79 Å². The lowest BCUT2D eigenvalue weighted by molar-refractivity contribution is 0.00578. The molecule has 1 aromatic carbocycles. The maximum absolute atomic E-state index is 12.6. The molecule has 0 amide bonds. The molecule has 1 aliphatic heterocycles. The number of aryl methyl sites for hydroxylation is 1. The van der Waals surface area contributed by atoms with Crippen LogP contribution in [0.15, 0.2) is 12.3 Å². The molecule has 146 valence electrons. The number of fused-ring (bicyclic) bond motifs is 1. The van der Waals surface area contributed by atoms with Crippen LogP contribution in [-0.2, 0) is 14.0 Å². The van der Waals surface area contributed by atoms with Crippen LogP contribution in [0.25, 0.3) is 10.9 Å². The van der Waals surface area contributed by atoms with E-state index in [0.29, 0.717) is 21.4 Å². The molecule has 6 nitrogen and oxygen atoms in total. The van der Waals surface area contributed by atoms with Crippen LogP contribution in [0.1, 0.15) is 54.0 Å². The van der Waals surface area contributed by atoms with E-state index < -0.39 is 30.0 Å². The first-order chi connectivity index (χ1) is 12.2. The second kappa shape index (κ2) is 6.22. The molecule has 1 saturated heterocycles. The van der Waals surface area contributed by atoms with Crippen LogP contribution in [0.2, 0.25) is 5.02 Å². The predicted octanol–water partition coefficient (Wildman–Crippen LogP) is 4.08. The lowest BCUT2D eigenvalue weighted by atomic mass is 9.76.